The van der Waals surface area contributed by atoms with E-state index in [1.165, 1.54) is 26.2 Å². The van der Waals surface area contributed by atoms with E-state index in [1.54, 1.807) is 0 Å². The topological polar surface area (TPSA) is 81.5 Å². The minimum absolute atomic E-state index is 0.162. The summed E-state index contributed by atoms with van der Waals surface area (Å²) < 4.78 is 4.56. The molecule has 0 unspecified atom stereocenters. The van der Waals surface area contributed by atoms with Gasteiger partial charge in [-0.3, -0.25) is 10.1 Å². The molecule has 94 valence electrons. The smallest absolute Gasteiger partial charge is 0.338 e. The van der Waals surface area contributed by atoms with Gasteiger partial charge in [0.25, 0.3) is 5.69 Å². The van der Waals surface area contributed by atoms with Crippen LogP contribution in [0.2, 0.25) is 0 Å². The number of nitro groups is 1. The van der Waals surface area contributed by atoms with E-state index < -0.39 is 10.9 Å². The van der Waals surface area contributed by atoms with Crippen LogP contribution in [0.5, 0.6) is 0 Å². The fourth-order valence-electron chi connectivity index (χ4n) is 1.56. The number of anilines is 1. The number of carbonyl (C=O) groups excluding carboxylic acids is 1. The second kappa shape index (κ2) is 5.68. The summed E-state index contributed by atoms with van der Waals surface area (Å²) >= 11 is 0. The van der Waals surface area contributed by atoms with E-state index in [0.717, 1.165) is 0 Å². The van der Waals surface area contributed by atoms with E-state index in [0.29, 0.717) is 0 Å². The molecule has 1 rings (SSSR count). The lowest BCUT2D eigenvalue weighted by Crippen LogP contribution is -2.09. The number of hydrogen-bond donors (Lipinski definition) is 1. The molecular weight excluding hydrogens is 236 g/mol. The van der Waals surface area contributed by atoms with Gasteiger partial charge < -0.3 is 10.1 Å². The van der Waals surface area contributed by atoms with E-state index in [-0.39, 0.29) is 29.0 Å². The first kappa shape index (κ1) is 13.5. The van der Waals surface area contributed by atoms with Gasteiger partial charge in [-0.2, -0.15) is 0 Å². The van der Waals surface area contributed by atoms with Crippen LogP contribution in [0.25, 0.3) is 0 Å². The van der Waals surface area contributed by atoms with Crippen LogP contribution >= 0.6 is 0 Å². The Morgan fingerprint density at radius 2 is 2.28 bits per heavy atom. The van der Waals surface area contributed by atoms with Gasteiger partial charge in [-0.1, -0.05) is 5.92 Å². The van der Waals surface area contributed by atoms with Gasteiger partial charge in [-0.25, -0.2) is 4.79 Å². The van der Waals surface area contributed by atoms with E-state index in [4.69, 9.17) is 6.42 Å². The van der Waals surface area contributed by atoms with Crippen molar-refractivity contribution in [2.24, 2.45) is 0 Å². The number of esters is 1. The van der Waals surface area contributed by atoms with Crippen molar-refractivity contribution >= 4 is 17.3 Å². The van der Waals surface area contributed by atoms with E-state index in [2.05, 4.69) is 16.0 Å². The van der Waals surface area contributed by atoms with Crippen molar-refractivity contribution in [3.63, 3.8) is 0 Å². The van der Waals surface area contributed by atoms with Crippen molar-refractivity contribution in [2.75, 3.05) is 19.0 Å². The maximum atomic E-state index is 11.4. The Balaban J connectivity index is 3.33. The molecule has 0 fully saturated rings. The summed E-state index contributed by atoms with van der Waals surface area (Å²) in [6.45, 7) is 1.66. The van der Waals surface area contributed by atoms with Gasteiger partial charge in [0.15, 0.2) is 0 Å². The van der Waals surface area contributed by atoms with Gasteiger partial charge in [-0.15, -0.1) is 6.42 Å². The van der Waals surface area contributed by atoms with Crippen molar-refractivity contribution in [3.8, 4) is 12.3 Å². The van der Waals surface area contributed by atoms with Gasteiger partial charge >= 0.3 is 5.97 Å². The van der Waals surface area contributed by atoms with Crippen molar-refractivity contribution in [3.05, 3.63) is 33.4 Å². The summed E-state index contributed by atoms with van der Waals surface area (Å²) in [5, 5.41) is 13.8. The number of nitrogens with one attached hydrogen (secondary N) is 1. The van der Waals surface area contributed by atoms with Gasteiger partial charge in [0, 0.05) is 5.56 Å². The van der Waals surface area contributed by atoms with Crippen LogP contribution in [0, 0.1) is 29.4 Å². The number of rotatable bonds is 4. The maximum absolute atomic E-state index is 11.4. The molecule has 18 heavy (non-hydrogen) atoms. The molecule has 6 heteroatoms. The summed E-state index contributed by atoms with van der Waals surface area (Å²) in [5.74, 6) is 1.71. The Morgan fingerprint density at radius 1 is 1.61 bits per heavy atom. The number of nitro benzene ring substituents is 1. The fourth-order valence-corrected chi connectivity index (χ4v) is 1.56. The number of carbonyl (C=O) groups is 1. The Labute approximate surface area is 104 Å². The molecule has 6 nitrogen and oxygen atoms in total. The molecule has 0 bridgehead atoms. The van der Waals surface area contributed by atoms with Crippen molar-refractivity contribution in [2.45, 2.75) is 6.92 Å². The summed E-state index contributed by atoms with van der Waals surface area (Å²) in [7, 11) is 1.22. The average molecular weight is 248 g/mol. The quantitative estimate of drug-likeness (QED) is 0.380. The maximum Gasteiger partial charge on any atom is 0.338 e. The molecule has 0 atom stereocenters. The molecule has 1 aromatic rings. The molecule has 0 heterocycles. The SMILES string of the molecule is C#CCNc1ccc(C(=O)OC)c(C)c1[N+](=O)[O-]. The first-order valence-corrected chi connectivity index (χ1v) is 5.06. The molecule has 0 radical (unpaired) electrons. The molecule has 1 N–H and O–H groups in total. The highest BCUT2D eigenvalue weighted by Gasteiger charge is 2.23. The van der Waals surface area contributed by atoms with Crippen LogP contribution < -0.4 is 5.32 Å². The predicted octanol–water partition coefficient (Wildman–Crippen LogP) is 1.73. The summed E-state index contributed by atoms with van der Waals surface area (Å²) in [6, 6.07) is 2.90. The van der Waals surface area contributed by atoms with E-state index in [9.17, 15) is 14.9 Å². The normalized spacial score (nSPS) is 9.39. The summed E-state index contributed by atoms with van der Waals surface area (Å²) in [6.07, 6.45) is 5.08. The monoisotopic (exact) mass is 248 g/mol. The highest BCUT2D eigenvalue weighted by atomic mass is 16.6. The molecule has 1 aromatic carbocycles. The van der Waals surface area contributed by atoms with Gasteiger partial charge in [-0.05, 0) is 19.1 Å². The first-order valence-electron chi connectivity index (χ1n) is 5.06. The van der Waals surface area contributed by atoms with Crippen molar-refractivity contribution in [1.29, 1.82) is 0 Å². The third-order valence-electron chi connectivity index (χ3n) is 2.40. The summed E-state index contributed by atoms with van der Waals surface area (Å²) in [4.78, 5) is 21.9. The Kier molecular flexibility index (Phi) is 4.27. The van der Waals surface area contributed by atoms with Gasteiger partial charge in [0.05, 0.1) is 24.1 Å². The third-order valence-corrected chi connectivity index (χ3v) is 2.40. The fraction of sp³-hybridized carbons (Fsp3) is 0.250. The van der Waals surface area contributed by atoms with Crippen molar-refractivity contribution in [1.82, 2.24) is 0 Å². The Morgan fingerprint density at radius 3 is 2.78 bits per heavy atom. The molecular formula is C12H12N2O4. The number of benzene rings is 1. The molecule has 0 aromatic heterocycles. The molecule has 0 aliphatic carbocycles. The van der Waals surface area contributed by atoms with Crippen LogP contribution in [0.15, 0.2) is 12.1 Å². The lowest BCUT2D eigenvalue weighted by atomic mass is 10.1. The third kappa shape index (κ3) is 2.58. The van der Waals surface area contributed by atoms with Gasteiger partial charge in [0.1, 0.15) is 5.69 Å². The molecule has 0 saturated heterocycles. The minimum Gasteiger partial charge on any atom is -0.465 e. The van der Waals surface area contributed by atoms with Crippen LogP contribution in [-0.2, 0) is 4.74 Å². The van der Waals surface area contributed by atoms with E-state index >= 15 is 0 Å². The standard InChI is InChI=1S/C12H12N2O4/c1-4-7-13-10-6-5-9(12(15)18-3)8(2)11(10)14(16)17/h1,5-6,13H,7H2,2-3H3. The molecule has 0 aliphatic heterocycles. The zero-order valence-electron chi connectivity index (χ0n) is 10.0. The number of nitrogens with zero attached hydrogens (tertiary/aromatic N) is 1. The Hall–Kier alpha value is -2.55. The Bertz CT molecular complexity index is 532. The number of methoxy groups -OCH3 is 1. The predicted molar refractivity (Wildman–Crippen MR) is 66.5 cm³/mol. The molecule has 0 saturated carbocycles. The largest absolute Gasteiger partial charge is 0.465 e. The summed E-state index contributed by atoms with van der Waals surface area (Å²) in [5.41, 5.74) is 0.514. The minimum atomic E-state index is -0.612. The second-order valence-electron chi connectivity index (χ2n) is 3.44. The zero-order chi connectivity index (χ0) is 13.7. The average Bonchev–Trinajstić information content (AvgIpc) is 2.34. The van der Waals surface area contributed by atoms with E-state index in [1.807, 2.05) is 0 Å². The first-order chi connectivity index (χ1) is 8.52. The number of ether oxygens (including phenoxy) is 1. The second-order valence-corrected chi connectivity index (χ2v) is 3.44. The van der Waals surface area contributed by atoms with Crippen LogP contribution in [0.3, 0.4) is 0 Å². The zero-order valence-corrected chi connectivity index (χ0v) is 10.0. The lowest BCUT2D eigenvalue weighted by Gasteiger charge is -2.09. The van der Waals surface area contributed by atoms with Crippen LogP contribution in [0.1, 0.15) is 15.9 Å². The van der Waals surface area contributed by atoms with Crippen molar-refractivity contribution < 1.29 is 14.5 Å². The van der Waals surface area contributed by atoms with Crippen LogP contribution in [-0.4, -0.2) is 24.5 Å². The molecule has 0 spiro atoms. The molecule has 0 amide bonds. The number of terminal acetylenes is 1. The van der Waals surface area contributed by atoms with Crippen LogP contribution in [0.4, 0.5) is 11.4 Å². The van der Waals surface area contributed by atoms with Gasteiger partial charge in [0.2, 0.25) is 0 Å². The lowest BCUT2D eigenvalue weighted by molar-refractivity contribution is -0.384. The number of hydrogen-bond acceptors (Lipinski definition) is 5. The highest BCUT2D eigenvalue weighted by Crippen LogP contribution is 2.30. The molecule has 0 aliphatic rings. The highest BCUT2D eigenvalue weighted by molar-refractivity contribution is 5.93.